The lowest BCUT2D eigenvalue weighted by Crippen LogP contribution is -2.47. The van der Waals surface area contributed by atoms with Gasteiger partial charge in [-0.25, -0.2) is 0 Å². The zero-order valence-corrected chi connectivity index (χ0v) is 22.5. The molecule has 0 bridgehead atoms. The third-order valence-corrected chi connectivity index (χ3v) is 7.45. The van der Waals surface area contributed by atoms with Gasteiger partial charge in [-0.3, -0.25) is 9.69 Å². The standard InChI is InChI=1S/C27H24F6N4O3S/c1-39-22-13-17(14-23-24(38)35-25(41-23)37-11-9-36(10-12-37)8-2-7-34)3-6-21(22)40-16-18-4-5-19(26(28,29)30)15-20(18)27(31,32)33/h3-6,13-15H,2,8-12,16H2,1H3/b23-14+. The first-order chi connectivity index (χ1) is 19.4. The van der Waals surface area contributed by atoms with Crippen LogP contribution in [0.2, 0.25) is 0 Å². The molecule has 14 heteroatoms. The summed E-state index contributed by atoms with van der Waals surface area (Å²) in [6.45, 7) is 2.90. The molecule has 0 atom stereocenters. The average Bonchev–Trinajstić information content (AvgIpc) is 3.29. The molecule has 2 aromatic rings. The maximum Gasteiger partial charge on any atom is 0.416 e. The van der Waals surface area contributed by atoms with Gasteiger partial charge < -0.3 is 14.4 Å². The van der Waals surface area contributed by atoms with Crippen LogP contribution in [0.4, 0.5) is 26.3 Å². The summed E-state index contributed by atoms with van der Waals surface area (Å²) < 4.78 is 90.1. The van der Waals surface area contributed by atoms with Gasteiger partial charge >= 0.3 is 12.4 Å². The van der Waals surface area contributed by atoms with Crippen molar-refractivity contribution in [1.82, 2.24) is 9.80 Å². The van der Waals surface area contributed by atoms with Crippen molar-refractivity contribution < 1.29 is 40.6 Å². The zero-order chi connectivity index (χ0) is 29.8. The number of nitriles is 1. The van der Waals surface area contributed by atoms with Crippen molar-refractivity contribution in [3.05, 3.63) is 63.6 Å². The van der Waals surface area contributed by atoms with Crippen molar-refractivity contribution in [1.29, 1.82) is 5.26 Å². The molecule has 0 saturated carbocycles. The van der Waals surface area contributed by atoms with Crippen LogP contribution in [0.5, 0.6) is 11.5 Å². The Kier molecular flexibility index (Phi) is 9.18. The molecule has 7 nitrogen and oxygen atoms in total. The second-order valence-electron chi connectivity index (χ2n) is 9.11. The predicted octanol–water partition coefficient (Wildman–Crippen LogP) is 5.81. The van der Waals surface area contributed by atoms with Gasteiger partial charge in [-0.05, 0) is 47.7 Å². The van der Waals surface area contributed by atoms with Crippen molar-refractivity contribution in [3.8, 4) is 17.6 Å². The number of hydrogen-bond donors (Lipinski definition) is 0. The smallest absolute Gasteiger partial charge is 0.416 e. The van der Waals surface area contributed by atoms with E-state index in [0.717, 1.165) is 19.2 Å². The van der Waals surface area contributed by atoms with E-state index in [0.29, 0.717) is 47.8 Å². The maximum absolute atomic E-state index is 13.5. The van der Waals surface area contributed by atoms with E-state index >= 15 is 0 Å². The number of halogens is 6. The number of hydrogen-bond acceptors (Lipinski definition) is 7. The van der Waals surface area contributed by atoms with Crippen LogP contribution in [0.1, 0.15) is 28.7 Å². The van der Waals surface area contributed by atoms with Crippen LogP contribution in [-0.4, -0.2) is 60.7 Å². The summed E-state index contributed by atoms with van der Waals surface area (Å²) in [5.74, 6) is -0.178. The number of rotatable bonds is 7. The molecule has 1 fully saturated rings. The summed E-state index contributed by atoms with van der Waals surface area (Å²) in [7, 11) is 1.32. The van der Waals surface area contributed by atoms with Gasteiger partial charge in [-0.1, -0.05) is 12.1 Å². The second-order valence-corrected chi connectivity index (χ2v) is 10.1. The summed E-state index contributed by atoms with van der Waals surface area (Å²) in [6, 6.07) is 8.04. The van der Waals surface area contributed by atoms with Crippen molar-refractivity contribution in [3.63, 3.8) is 0 Å². The number of nitrogens with zero attached hydrogens (tertiary/aromatic N) is 4. The van der Waals surface area contributed by atoms with E-state index in [4.69, 9.17) is 14.7 Å². The largest absolute Gasteiger partial charge is 0.493 e. The fraction of sp³-hybridized carbons (Fsp3) is 0.370. The highest BCUT2D eigenvalue weighted by Crippen LogP contribution is 2.39. The average molecular weight is 599 g/mol. The Labute approximate surface area is 236 Å². The van der Waals surface area contributed by atoms with E-state index < -0.39 is 41.6 Å². The fourth-order valence-corrected chi connectivity index (χ4v) is 5.21. The number of amides is 1. The molecule has 2 aliphatic rings. The number of alkyl halides is 6. The van der Waals surface area contributed by atoms with Crippen LogP contribution in [0.3, 0.4) is 0 Å². The monoisotopic (exact) mass is 598 g/mol. The Bertz CT molecular complexity index is 1390. The number of thioether (sulfide) groups is 1. The SMILES string of the molecule is COc1cc(/C=C2/SC(N3CCN(CCC#N)CC3)=NC2=O)ccc1OCc1ccc(C(F)(F)F)cc1C(F)(F)F. The van der Waals surface area contributed by atoms with Gasteiger partial charge in [0.15, 0.2) is 16.7 Å². The highest BCUT2D eigenvalue weighted by atomic mass is 32.2. The van der Waals surface area contributed by atoms with Crippen LogP contribution in [0, 0.1) is 11.3 Å². The lowest BCUT2D eigenvalue weighted by Gasteiger charge is -2.34. The highest BCUT2D eigenvalue weighted by Gasteiger charge is 2.38. The lowest BCUT2D eigenvalue weighted by molar-refractivity contribution is -0.143. The molecule has 0 unspecified atom stereocenters. The lowest BCUT2D eigenvalue weighted by atomic mass is 10.0. The molecule has 4 rings (SSSR count). The quantitative estimate of drug-likeness (QED) is 0.294. The van der Waals surface area contributed by atoms with E-state index in [1.807, 2.05) is 4.90 Å². The number of benzene rings is 2. The summed E-state index contributed by atoms with van der Waals surface area (Å²) in [6.07, 6.45) is -7.88. The Morgan fingerprint density at radius 3 is 2.39 bits per heavy atom. The van der Waals surface area contributed by atoms with E-state index in [1.165, 1.54) is 31.0 Å². The molecule has 0 spiro atoms. The molecule has 0 aliphatic carbocycles. The molecule has 2 heterocycles. The van der Waals surface area contributed by atoms with Crippen molar-refractivity contribution >= 4 is 28.9 Å². The second kappa shape index (κ2) is 12.4. The number of aliphatic imine (C=N–C) groups is 1. The Morgan fingerprint density at radius 2 is 1.76 bits per heavy atom. The first kappa shape index (κ1) is 30.3. The molecular formula is C27H24F6N4O3S. The fourth-order valence-electron chi connectivity index (χ4n) is 4.25. The number of amidine groups is 1. The number of methoxy groups -OCH3 is 1. The van der Waals surface area contributed by atoms with Gasteiger partial charge in [0.25, 0.3) is 5.91 Å². The molecule has 1 saturated heterocycles. The van der Waals surface area contributed by atoms with E-state index in [2.05, 4.69) is 16.0 Å². The maximum atomic E-state index is 13.5. The minimum Gasteiger partial charge on any atom is -0.493 e. The van der Waals surface area contributed by atoms with E-state index in [1.54, 1.807) is 12.1 Å². The zero-order valence-electron chi connectivity index (χ0n) is 21.7. The minimum absolute atomic E-state index is 0.0620. The highest BCUT2D eigenvalue weighted by molar-refractivity contribution is 8.18. The van der Waals surface area contributed by atoms with Crippen LogP contribution in [0.15, 0.2) is 46.3 Å². The topological polar surface area (TPSA) is 78.2 Å². The van der Waals surface area contributed by atoms with Gasteiger partial charge in [-0.15, -0.1) is 0 Å². The summed E-state index contributed by atoms with van der Waals surface area (Å²) >= 11 is 1.23. The molecular weight excluding hydrogens is 574 g/mol. The predicted molar refractivity (Wildman–Crippen MR) is 140 cm³/mol. The van der Waals surface area contributed by atoms with Crippen molar-refractivity contribution in [2.75, 3.05) is 39.8 Å². The van der Waals surface area contributed by atoms with Crippen LogP contribution >= 0.6 is 11.8 Å². The van der Waals surface area contributed by atoms with Gasteiger partial charge in [0.2, 0.25) is 0 Å². The Hall–Kier alpha value is -3.70. The molecule has 2 aliphatic heterocycles. The normalized spacial score (nSPS) is 17.5. The van der Waals surface area contributed by atoms with Gasteiger partial charge in [0.1, 0.15) is 6.61 Å². The van der Waals surface area contributed by atoms with Crippen LogP contribution < -0.4 is 9.47 Å². The number of ether oxygens (including phenoxy) is 2. The van der Waals surface area contributed by atoms with Crippen LogP contribution in [0.25, 0.3) is 6.08 Å². The van der Waals surface area contributed by atoms with Crippen LogP contribution in [-0.2, 0) is 23.8 Å². The third kappa shape index (κ3) is 7.53. The first-order valence-electron chi connectivity index (χ1n) is 12.3. The van der Waals surface area contributed by atoms with Gasteiger partial charge in [0, 0.05) is 44.7 Å². The third-order valence-electron chi connectivity index (χ3n) is 6.40. The minimum atomic E-state index is -5.02. The molecule has 218 valence electrons. The number of carbonyl (C=O) groups is 1. The van der Waals surface area contributed by atoms with Crippen molar-refractivity contribution in [2.45, 2.75) is 25.4 Å². The summed E-state index contributed by atoms with van der Waals surface area (Å²) in [4.78, 5) is 21.3. The Balaban J connectivity index is 1.44. The molecule has 0 radical (unpaired) electrons. The first-order valence-corrected chi connectivity index (χ1v) is 13.2. The van der Waals surface area contributed by atoms with E-state index in [-0.39, 0.29) is 17.6 Å². The molecule has 41 heavy (non-hydrogen) atoms. The van der Waals surface area contributed by atoms with Crippen molar-refractivity contribution in [2.24, 2.45) is 4.99 Å². The Morgan fingerprint density at radius 1 is 1.02 bits per heavy atom. The molecule has 1 amide bonds. The molecule has 0 N–H and O–H groups in total. The summed E-state index contributed by atoms with van der Waals surface area (Å²) in [5, 5.41) is 9.34. The number of carbonyl (C=O) groups excluding carboxylic acids is 1. The van der Waals surface area contributed by atoms with Gasteiger partial charge in [-0.2, -0.15) is 36.6 Å². The molecule has 0 aromatic heterocycles. The number of piperazine rings is 1. The summed E-state index contributed by atoms with van der Waals surface area (Å²) in [5.41, 5.74) is -2.77. The molecule has 2 aromatic carbocycles. The van der Waals surface area contributed by atoms with Gasteiger partial charge in [0.05, 0.1) is 29.2 Å². The van der Waals surface area contributed by atoms with E-state index in [9.17, 15) is 31.1 Å².